The van der Waals surface area contributed by atoms with E-state index >= 15 is 0 Å². The third-order valence-corrected chi connectivity index (χ3v) is 9.09. The fourth-order valence-corrected chi connectivity index (χ4v) is 7.86. The zero-order valence-corrected chi connectivity index (χ0v) is 15.9. The van der Waals surface area contributed by atoms with Gasteiger partial charge in [-0.15, -0.1) is 0 Å². The lowest BCUT2D eigenvalue weighted by atomic mass is 9.81. The monoisotopic (exact) mass is 416 g/mol. The Kier molecular flexibility index (Phi) is 4.44. The summed E-state index contributed by atoms with van der Waals surface area (Å²) in [6.45, 7) is 0.0349. The zero-order valence-electron chi connectivity index (χ0n) is 13.5. The molecule has 0 radical (unpaired) electrons. The second-order valence-electron chi connectivity index (χ2n) is 6.41. The van der Waals surface area contributed by atoms with Gasteiger partial charge in [-0.05, 0) is 48.6 Å². The van der Waals surface area contributed by atoms with Gasteiger partial charge in [0, 0.05) is 16.7 Å². The minimum absolute atomic E-state index is 0.0349. The van der Waals surface area contributed by atoms with Gasteiger partial charge in [0.2, 0.25) is 0 Å². The molecule has 2 aliphatic heterocycles. The lowest BCUT2D eigenvalue weighted by Gasteiger charge is -2.46. The number of halogens is 3. The van der Waals surface area contributed by atoms with E-state index in [1.54, 1.807) is 11.8 Å². The maximum Gasteiger partial charge on any atom is 0.188 e. The molecule has 2 aromatic rings. The largest absolute Gasteiger partial charge is 0.490 e. The standard InChI is InChI=1S/C18H15ClF2O3S2/c19-12-1-3-13(4-2-12)26(22,23)18-7-8-25-10-11(18)9-24-17-15(21)6-5-14(20)16(17)18/h1-6,11H,7-10H2/t11-,18-/m0/s1. The SMILES string of the molecule is O=S(=O)(c1ccc(Cl)cc1)[C@@]12CCSC[C@@H]1COc1c(F)ccc(F)c12. The van der Waals surface area contributed by atoms with Gasteiger partial charge in [0.15, 0.2) is 21.4 Å². The molecule has 3 nitrogen and oxygen atoms in total. The maximum absolute atomic E-state index is 14.8. The summed E-state index contributed by atoms with van der Waals surface area (Å²) in [6, 6.07) is 7.74. The van der Waals surface area contributed by atoms with Crippen LogP contribution in [0.5, 0.6) is 5.75 Å². The van der Waals surface area contributed by atoms with Crippen molar-refractivity contribution in [3.63, 3.8) is 0 Å². The van der Waals surface area contributed by atoms with Crippen LogP contribution in [0.1, 0.15) is 12.0 Å². The van der Waals surface area contributed by atoms with E-state index < -0.39 is 32.1 Å². The van der Waals surface area contributed by atoms with Crippen molar-refractivity contribution in [1.82, 2.24) is 0 Å². The van der Waals surface area contributed by atoms with E-state index in [-0.39, 0.29) is 29.2 Å². The van der Waals surface area contributed by atoms with Crippen LogP contribution in [0, 0.1) is 17.6 Å². The van der Waals surface area contributed by atoms with Crippen molar-refractivity contribution in [2.24, 2.45) is 5.92 Å². The lowest BCUT2D eigenvalue weighted by Crippen LogP contribution is -2.52. The molecule has 0 N–H and O–H groups in total. The molecule has 1 fully saturated rings. The summed E-state index contributed by atoms with van der Waals surface area (Å²) in [5.41, 5.74) is -0.177. The summed E-state index contributed by atoms with van der Waals surface area (Å²) >= 11 is 7.48. The molecule has 2 aliphatic rings. The molecule has 26 heavy (non-hydrogen) atoms. The molecule has 2 atom stereocenters. The molecule has 0 unspecified atom stereocenters. The van der Waals surface area contributed by atoms with Gasteiger partial charge in [-0.1, -0.05) is 11.6 Å². The number of benzene rings is 2. The van der Waals surface area contributed by atoms with E-state index in [0.717, 1.165) is 12.1 Å². The van der Waals surface area contributed by atoms with Crippen LogP contribution in [0.4, 0.5) is 8.78 Å². The van der Waals surface area contributed by atoms with Gasteiger partial charge in [-0.25, -0.2) is 17.2 Å². The summed E-state index contributed by atoms with van der Waals surface area (Å²) in [6.07, 6.45) is 0.198. The Morgan fingerprint density at radius 1 is 1.12 bits per heavy atom. The molecular weight excluding hydrogens is 402 g/mol. The van der Waals surface area contributed by atoms with Crippen LogP contribution < -0.4 is 4.74 Å². The van der Waals surface area contributed by atoms with Crippen LogP contribution in [0.15, 0.2) is 41.3 Å². The number of thioether (sulfide) groups is 1. The molecule has 138 valence electrons. The first-order chi connectivity index (χ1) is 12.4. The molecule has 0 spiro atoms. The van der Waals surface area contributed by atoms with E-state index in [1.807, 2.05) is 0 Å². The van der Waals surface area contributed by atoms with Crippen LogP contribution in [0.25, 0.3) is 0 Å². The van der Waals surface area contributed by atoms with Gasteiger partial charge in [-0.2, -0.15) is 11.8 Å². The first kappa shape index (κ1) is 18.1. The van der Waals surface area contributed by atoms with Gasteiger partial charge in [0.25, 0.3) is 0 Å². The van der Waals surface area contributed by atoms with Crippen LogP contribution in [0.3, 0.4) is 0 Å². The minimum Gasteiger partial charge on any atom is -0.490 e. The topological polar surface area (TPSA) is 43.4 Å². The smallest absolute Gasteiger partial charge is 0.188 e. The summed E-state index contributed by atoms with van der Waals surface area (Å²) in [5, 5.41) is 0.404. The van der Waals surface area contributed by atoms with Crippen LogP contribution in [-0.2, 0) is 14.6 Å². The average Bonchev–Trinajstić information content (AvgIpc) is 2.64. The van der Waals surface area contributed by atoms with Crippen molar-refractivity contribution in [2.75, 3.05) is 18.1 Å². The Morgan fingerprint density at radius 3 is 2.54 bits per heavy atom. The molecule has 2 aromatic carbocycles. The predicted octanol–water partition coefficient (Wildman–Crippen LogP) is 4.43. The van der Waals surface area contributed by atoms with E-state index in [2.05, 4.69) is 0 Å². The second kappa shape index (κ2) is 6.39. The van der Waals surface area contributed by atoms with Crippen molar-refractivity contribution < 1.29 is 21.9 Å². The Morgan fingerprint density at radius 2 is 1.81 bits per heavy atom. The highest BCUT2D eigenvalue weighted by molar-refractivity contribution is 7.99. The molecule has 0 aliphatic carbocycles. The third kappa shape index (κ3) is 2.47. The second-order valence-corrected chi connectivity index (χ2v) is 10.2. The molecular formula is C18H15ClF2O3S2. The summed E-state index contributed by atoms with van der Waals surface area (Å²) in [5.74, 6) is -1.21. The van der Waals surface area contributed by atoms with Gasteiger partial charge in [0.1, 0.15) is 10.6 Å². The molecule has 1 saturated heterocycles. The zero-order chi connectivity index (χ0) is 18.5. The van der Waals surface area contributed by atoms with Crippen molar-refractivity contribution in [2.45, 2.75) is 16.1 Å². The van der Waals surface area contributed by atoms with Crippen LogP contribution in [0.2, 0.25) is 5.02 Å². The fourth-order valence-electron chi connectivity index (χ4n) is 3.86. The Balaban J connectivity index is 2.02. The number of fused-ring (bicyclic) bond motifs is 3. The summed E-state index contributed by atoms with van der Waals surface area (Å²) in [4.78, 5) is 0.0512. The molecule has 8 heteroatoms. The highest BCUT2D eigenvalue weighted by Gasteiger charge is 2.58. The Labute approximate surface area is 159 Å². The van der Waals surface area contributed by atoms with Crippen molar-refractivity contribution in [1.29, 1.82) is 0 Å². The number of rotatable bonds is 2. The van der Waals surface area contributed by atoms with Crippen molar-refractivity contribution in [3.05, 3.63) is 58.6 Å². The minimum atomic E-state index is -4.01. The quantitative estimate of drug-likeness (QED) is 0.726. The molecule has 0 bridgehead atoms. The van der Waals surface area contributed by atoms with E-state index in [9.17, 15) is 17.2 Å². The van der Waals surface area contributed by atoms with Crippen molar-refractivity contribution in [3.8, 4) is 5.75 Å². The number of hydrogen-bond donors (Lipinski definition) is 0. The molecule has 0 saturated carbocycles. The van der Waals surface area contributed by atoms with E-state index in [0.29, 0.717) is 16.5 Å². The highest BCUT2D eigenvalue weighted by Crippen LogP contribution is 2.55. The van der Waals surface area contributed by atoms with E-state index in [4.69, 9.17) is 16.3 Å². The highest BCUT2D eigenvalue weighted by atomic mass is 35.5. The number of sulfone groups is 1. The summed E-state index contributed by atoms with van der Waals surface area (Å²) in [7, 11) is -4.01. The number of hydrogen-bond acceptors (Lipinski definition) is 4. The predicted molar refractivity (Wildman–Crippen MR) is 97.6 cm³/mol. The van der Waals surface area contributed by atoms with Crippen LogP contribution in [-0.4, -0.2) is 26.5 Å². The van der Waals surface area contributed by atoms with Crippen molar-refractivity contribution >= 4 is 33.2 Å². The van der Waals surface area contributed by atoms with Gasteiger partial charge in [-0.3, -0.25) is 0 Å². The van der Waals surface area contributed by atoms with Gasteiger partial charge in [0.05, 0.1) is 17.1 Å². The molecule has 0 aromatic heterocycles. The molecule has 2 heterocycles. The first-order valence-electron chi connectivity index (χ1n) is 8.07. The number of ether oxygens (including phenoxy) is 1. The van der Waals surface area contributed by atoms with Gasteiger partial charge >= 0.3 is 0 Å². The normalized spacial score (nSPS) is 25.1. The van der Waals surface area contributed by atoms with Gasteiger partial charge < -0.3 is 4.74 Å². The fraction of sp³-hybridized carbons (Fsp3) is 0.333. The third-order valence-electron chi connectivity index (χ3n) is 5.11. The Bertz CT molecular complexity index is 963. The lowest BCUT2D eigenvalue weighted by molar-refractivity contribution is 0.169. The maximum atomic E-state index is 14.8. The molecule has 4 rings (SSSR count). The molecule has 0 amide bonds. The van der Waals surface area contributed by atoms with E-state index in [1.165, 1.54) is 24.3 Å². The Hall–Kier alpha value is -1.31. The van der Waals surface area contributed by atoms with Crippen LogP contribution >= 0.6 is 23.4 Å². The first-order valence-corrected chi connectivity index (χ1v) is 11.1. The average molecular weight is 417 g/mol. The summed E-state index contributed by atoms with van der Waals surface area (Å²) < 4.78 is 60.4.